The van der Waals surface area contributed by atoms with Crippen molar-refractivity contribution in [2.75, 3.05) is 0 Å². The van der Waals surface area contributed by atoms with Gasteiger partial charge in [0, 0.05) is 10.8 Å². The Balaban J connectivity index is 1.04. The molecule has 8 aliphatic carbocycles. The molecular formula is C63H80. The molecule has 3 spiro atoms. The fourth-order valence-corrected chi connectivity index (χ4v) is 16.7. The van der Waals surface area contributed by atoms with Crippen LogP contribution in [0.5, 0.6) is 0 Å². The molecule has 0 nitrogen and oxygen atoms in total. The Hall–Kier alpha value is -3.12. The van der Waals surface area contributed by atoms with Gasteiger partial charge in [-0.05, 0) is 239 Å². The molecule has 0 amide bonds. The van der Waals surface area contributed by atoms with Crippen molar-refractivity contribution < 1.29 is 0 Å². The van der Waals surface area contributed by atoms with E-state index in [1.165, 1.54) is 77.0 Å². The first-order valence-corrected chi connectivity index (χ1v) is 25.8. The van der Waals surface area contributed by atoms with E-state index in [0.717, 1.165) is 0 Å². The van der Waals surface area contributed by atoms with Gasteiger partial charge in [0.1, 0.15) is 0 Å². The van der Waals surface area contributed by atoms with Gasteiger partial charge in [0.2, 0.25) is 0 Å². The molecule has 0 atom stereocenters. The third kappa shape index (κ3) is 5.12. The molecule has 4 aromatic rings. The molecule has 0 heteroatoms. The zero-order valence-electron chi connectivity index (χ0n) is 42.6. The third-order valence-corrected chi connectivity index (χ3v) is 21.3. The van der Waals surface area contributed by atoms with Crippen molar-refractivity contribution in [3.8, 4) is 22.3 Å². The predicted molar refractivity (Wildman–Crippen MR) is 267 cm³/mol. The van der Waals surface area contributed by atoms with Gasteiger partial charge in [0.25, 0.3) is 0 Å². The molecule has 0 aliphatic heterocycles. The first kappa shape index (κ1) is 41.3. The van der Waals surface area contributed by atoms with Gasteiger partial charge in [-0.3, -0.25) is 0 Å². The normalized spacial score (nSPS) is 27.7. The Morgan fingerprint density at radius 1 is 0.222 bits per heavy atom. The van der Waals surface area contributed by atoms with Crippen LogP contribution in [0.1, 0.15) is 255 Å². The number of hydrogen-bond donors (Lipinski definition) is 0. The average Bonchev–Trinajstić information content (AvgIpc) is 3.60. The predicted octanol–water partition coefficient (Wildman–Crippen LogP) is 16.9. The summed E-state index contributed by atoms with van der Waals surface area (Å²) in [6.07, 6.45) is 15.3. The zero-order chi connectivity index (χ0) is 44.9. The zero-order valence-corrected chi connectivity index (χ0v) is 42.6. The molecule has 2 fully saturated rings. The SMILES string of the molecule is CC1(C)CCC(C)(C)c2cc3c(cc21)-c1cc2c(cc1C31CC3(C1)CC1(C3)c3cc4c(cc3-c3cc5c(cc31)C(C)(C)CCC5(C)C)C(C)(C)CCC4(C)C)C(C)(C)CCC2(C)C. The third-order valence-electron chi connectivity index (χ3n) is 21.3. The Morgan fingerprint density at radius 3 is 0.556 bits per heavy atom. The molecule has 0 N–H and O–H groups in total. The van der Waals surface area contributed by atoms with Gasteiger partial charge >= 0.3 is 0 Å². The van der Waals surface area contributed by atoms with Crippen LogP contribution in [0.3, 0.4) is 0 Å². The van der Waals surface area contributed by atoms with Crippen LogP contribution >= 0.6 is 0 Å². The van der Waals surface area contributed by atoms with E-state index in [1.54, 1.807) is 89.0 Å². The lowest BCUT2D eigenvalue weighted by atomic mass is 9.35. The van der Waals surface area contributed by atoms with Crippen molar-refractivity contribution in [2.45, 2.75) is 242 Å². The summed E-state index contributed by atoms with van der Waals surface area (Å²) in [4.78, 5) is 0. The van der Waals surface area contributed by atoms with Crippen LogP contribution in [0.15, 0.2) is 48.5 Å². The highest BCUT2D eigenvalue weighted by atomic mass is 14.7. The van der Waals surface area contributed by atoms with E-state index >= 15 is 0 Å². The van der Waals surface area contributed by atoms with Crippen LogP contribution in [0.2, 0.25) is 0 Å². The molecule has 0 heterocycles. The summed E-state index contributed by atoms with van der Waals surface area (Å²) in [7, 11) is 0. The molecule has 2 saturated carbocycles. The highest BCUT2D eigenvalue weighted by molar-refractivity contribution is 5.87. The van der Waals surface area contributed by atoms with Crippen molar-refractivity contribution in [2.24, 2.45) is 5.41 Å². The fourth-order valence-electron chi connectivity index (χ4n) is 16.7. The second-order valence-corrected chi connectivity index (χ2v) is 29.2. The van der Waals surface area contributed by atoms with Crippen molar-refractivity contribution in [3.63, 3.8) is 0 Å². The van der Waals surface area contributed by atoms with Gasteiger partial charge in [0.15, 0.2) is 0 Å². The second-order valence-electron chi connectivity index (χ2n) is 29.2. The lowest BCUT2D eigenvalue weighted by Crippen LogP contribution is -2.61. The molecule has 63 heavy (non-hydrogen) atoms. The lowest BCUT2D eigenvalue weighted by molar-refractivity contribution is -0.0737. The molecule has 4 aromatic carbocycles. The van der Waals surface area contributed by atoms with Crippen LogP contribution in [-0.2, 0) is 54.1 Å². The minimum Gasteiger partial charge on any atom is -0.0558 e. The lowest BCUT2D eigenvalue weighted by Gasteiger charge is -2.68. The average molecular weight is 837 g/mol. The summed E-state index contributed by atoms with van der Waals surface area (Å²) in [6.45, 7) is 40.6. The summed E-state index contributed by atoms with van der Waals surface area (Å²) < 4.78 is 0. The molecule has 0 saturated heterocycles. The summed E-state index contributed by atoms with van der Waals surface area (Å²) in [5.41, 5.74) is 28.3. The smallest absolute Gasteiger partial charge is 0.0226 e. The number of benzene rings is 4. The van der Waals surface area contributed by atoms with Gasteiger partial charge in [-0.2, -0.15) is 0 Å². The maximum absolute atomic E-state index is 2.81. The van der Waals surface area contributed by atoms with E-state index in [0.29, 0.717) is 5.41 Å². The highest BCUT2D eigenvalue weighted by Gasteiger charge is 2.70. The molecule has 332 valence electrons. The summed E-state index contributed by atoms with van der Waals surface area (Å²) >= 11 is 0. The molecule has 12 rings (SSSR count). The molecular weight excluding hydrogens is 757 g/mol. The van der Waals surface area contributed by atoms with Crippen LogP contribution in [0.25, 0.3) is 22.3 Å². The van der Waals surface area contributed by atoms with Gasteiger partial charge in [0.05, 0.1) is 0 Å². The Labute approximate surface area is 383 Å². The monoisotopic (exact) mass is 837 g/mol. The van der Waals surface area contributed by atoms with Crippen molar-refractivity contribution in [1.29, 1.82) is 0 Å². The van der Waals surface area contributed by atoms with Crippen LogP contribution < -0.4 is 0 Å². The highest BCUT2D eigenvalue weighted by Crippen LogP contribution is 2.79. The van der Waals surface area contributed by atoms with Crippen molar-refractivity contribution in [1.82, 2.24) is 0 Å². The van der Waals surface area contributed by atoms with Crippen LogP contribution in [-0.4, -0.2) is 0 Å². The minimum atomic E-state index is 0.0969. The first-order valence-electron chi connectivity index (χ1n) is 25.8. The second kappa shape index (κ2) is 11.5. The Kier molecular flexibility index (Phi) is 7.55. The van der Waals surface area contributed by atoms with Gasteiger partial charge in [-0.15, -0.1) is 0 Å². The molecule has 0 unspecified atom stereocenters. The molecule has 0 aromatic heterocycles. The van der Waals surface area contributed by atoms with Crippen LogP contribution in [0.4, 0.5) is 0 Å². The van der Waals surface area contributed by atoms with Gasteiger partial charge < -0.3 is 0 Å². The van der Waals surface area contributed by atoms with E-state index in [9.17, 15) is 0 Å². The number of rotatable bonds is 0. The summed E-state index contributed by atoms with van der Waals surface area (Å²) in [6, 6.07) is 22.3. The van der Waals surface area contributed by atoms with E-state index in [-0.39, 0.29) is 54.1 Å². The van der Waals surface area contributed by atoms with E-state index in [2.05, 4.69) is 159 Å². The van der Waals surface area contributed by atoms with Gasteiger partial charge in [-0.1, -0.05) is 135 Å². The number of hydrogen-bond acceptors (Lipinski definition) is 0. The minimum absolute atomic E-state index is 0.0969. The maximum atomic E-state index is 2.81. The number of fused-ring (bicyclic) bond motifs is 14. The quantitative estimate of drug-likeness (QED) is 0.166. The standard InChI is InChI=1S/C63H80/c1-53(2)17-21-57(9,10)49-29-41-37(25-45(49)53)38-26-46-50(58(11,12)22-18-54(46,3)4)30-42(38)62(41)33-61(34-62)35-63(36-61)43-31-51-47(55(5,6)19-23-59(51,13)14)27-39(43)40-28-48-52(32-44(40)63)60(15,16)24-20-56(48,7)8/h25-32H,17-24,33-36H2,1-16H3. The van der Waals surface area contributed by atoms with E-state index in [1.807, 2.05) is 0 Å². The maximum Gasteiger partial charge on any atom is 0.0226 e. The summed E-state index contributed by atoms with van der Waals surface area (Å²) in [5, 5.41) is 0. The van der Waals surface area contributed by atoms with Crippen LogP contribution in [0, 0.1) is 5.41 Å². The van der Waals surface area contributed by atoms with Crippen molar-refractivity contribution in [3.05, 3.63) is 115 Å². The van der Waals surface area contributed by atoms with E-state index in [4.69, 9.17) is 0 Å². The molecule has 0 bridgehead atoms. The van der Waals surface area contributed by atoms with Gasteiger partial charge in [-0.25, -0.2) is 0 Å². The fraction of sp³-hybridized carbons (Fsp3) is 0.619. The Morgan fingerprint density at radius 2 is 0.381 bits per heavy atom. The molecule has 8 aliphatic rings. The Bertz CT molecular complexity index is 2360. The first-order chi connectivity index (χ1) is 29.0. The topological polar surface area (TPSA) is 0 Å². The largest absolute Gasteiger partial charge is 0.0558 e. The van der Waals surface area contributed by atoms with Crippen molar-refractivity contribution >= 4 is 0 Å². The summed E-state index contributed by atoms with van der Waals surface area (Å²) in [5.74, 6) is 0. The molecule has 0 radical (unpaired) electrons. The van der Waals surface area contributed by atoms with E-state index < -0.39 is 0 Å².